The Hall–Kier alpha value is -0.860. The van der Waals surface area contributed by atoms with Crippen LogP contribution in [0.4, 0.5) is 0 Å². The normalized spacial score (nSPS) is 21.2. The summed E-state index contributed by atoms with van der Waals surface area (Å²) < 4.78 is 0. The highest BCUT2D eigenvalue weighted by Crippen LogP contribution is 2.23. The first kappa shape index (κ1) is 16.5. The summed E-state index contributed by atoms with van der Waals surface area (Å²) >= 11 is 0. The van der Waals surface area contributed by atoms with Crippen LogP contribution in [0.2, 0.25) is 0 Å². The molecule has 1 N–H and O–H groups in total. The number of hydrogen-bond acceptors (Lipinski definition) is 2. The van der Waals surface area contributed by atoms with Crippen LogP contribution in [0.1, 0.15) is 52.0 Å². The highest BCUT2D eigenvalue weighted by Gasteiger charge is 2.29. The Morgan fingerprint density at radius 3 is 2.71 bits per heavy atom. The zero-order valence-corrected chi connectivity index (χ0v) is 14.1. The fourth-order valence-electron chi connectivity index (χ4n) is 3.34. The number of nitrogens with one attached hydrogen (secondary N) is 1. The van der Waals surface area contributed by atoms with Gasteiger partial charge in [-0.25, -0.2) is 0 Å². The lowest BCUT2D eigenvalue weighted by Gasteiger charge is -2.39. The van der Waals surface area contributed by atoms with Crippen LogP contribution in [-0.4, -0.2) is 36.1 Å². The van der Waals surface area contributed by atoms with Crippen molar-refractivity contribution in [2.45, 2.75) is 64.5 Å². The Kier molecular flexibility index (Phi) is 6.25. The molecular formula is C19H32N2. The Balaban J connectivity index is 1.93. The lowest BCUT2D eigenvalue weighted by Crippen LogP contribution is -2.48. The van der Waals surface area contributed by atoms with Crippen LogP contribution in [0.5, 0.6) is 0 Å². The summed E-state index contributed by atoms with van der Waals surface area (Å²) in [6, 6.07) is 11.6. The van der Waals surface area contributed by atoms with E-state index in [0.717, 1.165) is 0 Å². The molecule has 0 bridgehead atoms. The lowest BCUT2D eigenvalue weighted by atomic mass is 9.92. The molecule has 0 radical (unpaired) electrons. The smallest absolute Gasteiger partial charge is 0.0195 e. The van der Waals surface area contributed by atoms with Gasteiger partial charge in [0.05, 0.1) is 0 Å². The molecule has 21 heavy (non-hydrogen) atoms. The molecule has 1 atom stereocenters. The molecule has 0 aliphatic carbocycles. The lowest BCUT2D eigenvalue weighted by molar-refractivity contribution is 0.108. The van der Waals surface area contributed by atoms with Crippen LogP contribution in [0.3, 0.4) is 0 Å². The average Bonchev–Trinajstić information content (AvgIpc) is 2.73. The van der Waals surface area contributed by atoms with Gasteiger partial charge in [0.1, 0.15) is 0 Å². The zero-order valence-electron chi connectivity index (χ0n) is 14.1. The van der Waals surface area contributed by atoms with E-state index in [2.05, 4.69) is 61.3 Å². The fraction of sp³-hybridized carbons (Fsp3) is 0.684. The molecule has 0 aromatic heterocycles. The predicted molar refractivity (Wildman–Crippen MR) is 91.7 cm³/mol. The molecule has 1 heterocycles. The molecule has 1 aliphatic heterocycles. The molecule has 2 heteroatoms. The van der Waals surface area contributed by atoms with Gasteiger partial charge in [-0.3, -0.25) is 4.90 Å². The molecule has 118 valence electrons. The van der Waals surface area contributed by atoms with Gasteiger partial charge >= 0.3 is 0 Å². The van der Waals surface area contributed by atoms with Crippen molar-refractivity contribution in [2.75, 3.05) is 19.6 Å². The number of benzene rings is 1. The van der Waals surface area contributed by atoms with E-state index in [0.29, 0.717) is 6.04 Å². The molecule has 1 aromatic carbocycles. The minimum absolute atomic E-state index is 0.286. The Bertz CT molecular complexity index is 399. The number of rotatable bonds is 6. The van der Waals surface area contributed by atoms with Crippen LogP contribution in [0, 0.1) is 0 Å². The monoisotopic (exact) mass is 288 g/mol. The first-order valence-electron chi connectivity index (χ1n) is 8.64. The number of aryl methyl sites for hydroxylation is 1. The van der Waals surface area contributed by atoms with Gasteiger partial charge in [0.2, 0.25) is 0 Å². The molecule has 2 rings (SSSR count). The third kappa shape index (κ3) is 5.12. The van der Waals surface area contributed by atoms with Gasteiger partial charge in [-0.2, -0.15) is 0 Å². The summed E-state index contributed by atoms with van der Waals surface area (Å²) in [4.78, 5) is 2.72. The van der Waals surface area contributed by atoms with E-state index >= 15 is 0 Å². The number of nitrogens with zero attached hydrogens (tertiary/aromatic N) is 1. The maximum Gasteiger partial charge on any atom is 0.0195 e. The second-order valence-corrected chi connectivity index (χ2v) is 7.04. The van der Waals surface area contributed by atoms with Crippen LogP contribution in [0.25, 0.3) is 0 Å². The van der Waals surface area contributed by atoms with Gasteiger partial charge in [0.15, 0.2) is 0 Å². The van der Waals surface area contributed by atoms with Crippen molar-refractivity contribution in [3.8, 4) is 0 Å². The Morgan fingerprint density at radius 2 is 2.00 bits per heavy atom. The van der Waals surface area contributed by atoms with Crippen molar-refractivity contribution in [3.05, 3.63) is 35.9 Å². The van der Waals surface area contributed by atoms with Crippen molar-refractivity contribution in [1.29, 1.82) is 0 Å². The number of hydrogen-bond donors (Lipinski definition) is 1. The first-order valence-corrected chi connectivity index (χ1v) is 8.64. The Labute approximate surface area is 130 Å². The maximum atomic E-state index is 3.72. The van der Waals surface area contributed by atoms with Crippen LogP contribution >= 0.6 is 0 Å². The second kappa shape index (κ2) is 7.95. The van der Waals surface area contributed by atoms with E-state index in [1.807, 2.05) is 0 Å². The summed E-state index contributed by atoms with van der Waals surface area (Å²) in [7, 11) is 0. The summed E-state index contributed by atoms with van der Waals surface area (Å²) in [6.45, 7) is 10.7. The molecular weight excluding hydrogens is 256 g/mol. The summed E-state index contributed by atoms with van der Waals surface area (Å²) in [5, 5.41) is 3.72. The molecule has 2 nitrogen and oxygen atoms in total. The highest BCUT2D eigenvalue weighted by molar-refractivity contribution is 5.15. The van der Waals surface area contributed by atoms with E-state index < -0.39 is 0 Å². The van der Waals surface area contributed by atoms with Gasteiger partial charge < -0.3 is 5.32 Å². The van der Waals surface area contributed by atoms with Crippen molar-refractivity contribution in [1.82, 2.24) is 10.2 Å². The largest absolute Gasteiger partial charge is 0.313 e. The minimum atomic E-state index is 0.286. The van der Waals surface area contributed by atoms with Crippen LogP contribution in [-0.2, 0) is 6.42 Å². The van der Waals surface area contributed by atoms with E-state index in [9.17, 15) is 0 Å². The van der Waals surface area contributed by atoms with Crippen molar-refractivity contribution in [2.24, 2.45) is 0 Å². The topological polar surface area (TPSA) is 15.3 Å². The molecule has 1 fully saturated rings. The van der Waals surface area contributed by atoms with E-state index in [4.69, 9.17) is 0 Å². The first-order chi connectivity index (χ1) is 10.1. The summed E-state index contributed by atoms with van der Waals surface area (Å²) in [6.07, 6.45) is 6.25. The van der Waals surface area contributed by atoms with E-state index in [-0.39, 0.29) is 5.54 Å². The SMILES string of the molecule is CCCC1CN(C(C)(C)CCc2ccccc2)CCCN1. The van der Waals surface area contributed by atoms with Crippen molar-refractivity contribution >= 4 is 0 Å². The van der Waals surface area contributed by atoms with Crippen molar-refractivity contribution in [3.63, 3.8) is 0 Å². The highest BCUT2D eigenvalue weighted by atomic mass is 15.2. The van der Waals surface area contributed by atoms with Crippen LogP contribution < -0.4 is 5.32 Å². The fourth-order valence-corrected chi connectivity index (χ4v) is 3.34. The Morgan fingerprint density at radius 1 is 1.24 bits per heavy atom. The third-order valence-corrected chi connectivity index (χ3v) is 4.84. The van der Waals surface area contributed by atoms with Gasteiger partial charge in [0, 0.05) is 18.1 Å². The third-order valence-electron chi connectivity index (χ3n) is 4.84. The second-order valence-electron chi connectivity index (χ2n) is 7.04. The summed E-state index contributed by atoms with van der Waals surface area (Å²) in [5.74, 6) is 0. The van der Waals surface area contributed by atoms with Gasteiger partial charge in [-0.1, -0.05) is 43.7 Å². The summed E-state index contributed by atoms with van der Waals surface area (Å²) in [5.41, 5.74) is 1.75. The van der Waals surface area contributed by atoms with E-state index in [1.165, 1.54) is 57.3 Å². The standard InChI is InChI=1S/C19H32N2/c1-4-9-18-16-21(15-8-14-20-18)19(2,3)13-12-17-10-6-5-7-11-17/h5-7,10-11,18,20H,4,8-9,12-16H2,1-3H3. The molecule has 0 spiro atoms. The van der Waals surface area contributed by atoms with Gasteiger partial charge in [-0.05, 0) is 58.2 Å². The molecule has 1 saturated heterocycles. The molecule has 0 amide bonds. The molecule has 0 saturated carbocycles. The average molecular weight is 288 g/mol. The van der Waals surface area contributed by atoms with E-state index in [1.54, 1.807) is 0 Å². The van der Waals surface area contributed by atoms with Gasteiger partial charge in [0.25, 0.3) is 0 Å². The maximum absolute atomic E-state index is 3.72. The quantitative estimate of drug-likeness (QED) is 0.855. The van der Waals surface area contributed by atoms with Crippen molar-refractivity contribution < 1.29 is 0 Å². The molecule has 1 unspecified atom stereocenters. The minimum Gasteiger partial charge on any atom is -0.313 e. The molecule has 1 aliphatic rings. The zero-order chi connectivity index (χ0) is 15.1. The molecule has 1 aromatic rings. The van der Waals surface area contributed by atoms with Crippen LogP contribution in [0.15, 0.2) is 30.3 Å². The predicted octanol–water partition coefficient (Wildman–Crippen LogP) is 3.86. The van der Waals surface area contributed by atoms with Gasteiger partial charge in [-0.15, -0.1) is 0 Å².